The number of nitriles is 1. The van der Waals surface area contributed by atoms with Crippen LogP contribution in [0.1, 0.15) is 5.56 Å². The zero-order chi connectivity index (χ0) is 13.2. The third-order valence-corrected chi connectivity index (χ3v) is 2.78. The Bertz CT molecular complexity index is 753. The lowest BCUT2D eigenvalue weighted by Crippen LogP contribution is -2.20. The van der Waals surface area contributed by atoms with E-state index in [0.29, 0.717) is 0 Å². The number of hydrogen-bond acceptors (Lipinski definition) is 4. The van der Waals surface area contributed by atoms with Gasteiger partial charge in [0.25, 0.3) is 0 Å². The van der Waals surface area contributed by atoms with Gasteiger partial charge in [-0.15, -0.1) is 0 Å². The first-order chi connectivity index (χ1) is 8.48. The molecule has 1 aromatic heterocycles. The Morgan fingerprint density at radius 3 is 3.00 bits per heavy atom. The second-order valence-corrected chi connectivity index (χ2v) is 5.51. The van der Waals surface area contributed by atoms with Crippen LogP contribution in [0.3, 0.4) is 0 Å². The Morgan fingerprint density at radius 1 is 1.56 bits per heavy atom. The lowest BCUT2D eigenvalue weighted by molar-refractivity contribution is 0.595. The van der Waals surface area contributed by atoms with Crippen LogP contribution in [0, 0.1) is 11.3 Å². The van der Waals surface area contributed by atoms with Crippen molar-refractivity contribution in [3.05, 3.63) is 35.7 Å². The Balaban J connectivity index is 2.38. The molecule has 0 fully saturated rings. The average Bonchev–Trinajstić information content (AvgIpc) is 2.73. The van der Waals surface area contributed by atoms with Crippen molar-refractivity contribution in [2.24, 2.45) is 0 Å². The second-order valence-electron chi connectivity index (χ2n) is 3.76. The van der Waals surface area contributed by atoms with Gasteiger partial charge in [-0.2, -0.15) is 10.4 Å². The Kier molecular flexibility index (Phi) is 3.04. The molecule has 2 aromatic rings. The van der Waals surface area contributed by atoms with Crippen molar-refractivity contribution in [3.63, 3.8) is 0 Å². The van der Waals surface area contributed by atoms with Gasteiger partial charge in [-0.25, -0.2) is 8.42 Å². The molecule has 0 amide bonds. The zero-order valence-electron chi connectivity index (χ0n) is 9.51. The summed E-state index contributed by atoms with van der Waals surface area (Å²) >= 11 is 0. The topological polar surface area (TPSA) is 98.6 Å². The first-order valence-corrected chi connectivity index (χ1v) is 6.90. The number of aromatic amines is 1. The Hall–Kier alpha value is -2.33. The number of nitrogens with one attached hydrogen (secondary N) is 2. The average molecular weight is 262 g/mol. The van der Waals surface area contributed by atoms with Gasteiger partial charge in [0, 0.05) is 5.39 Å². The highest BCUT2D eigenvalue weighted by Crippen LogP contribution is 2.14. The Labute approximate surface area is 104 Å². The van der Waals surface area contributed by atoms with Crippen LogP contribution in [0.5, 0.6) is 0 Å². The molecule has 0 aliphatic carbocycles. The fraction of sp³-hybridized carbons (Fsp3) is 0.0909. The molecule has 2 N–H and O–H groups in total. The van der Waals surface area contributed by atoms with E-state index in [1.54, 1.807) is 24.4 Å². The summed E-state index contributed by atoms with van der Waals surface area (Å²) in [5, 5.41) is 16.4. The van der Waals surface area contributed by atoms with E-state index in [9.17, 15) is 8.42 Å². The van der Waals surface area contributed by atoms with E-state index in [1.165, 1.54) is 6.08 Å². The van der Waals surface area contributed by atoms with Gasteiger partial charge in [-0.05, 0) is 23.8 Å². The maximum atomic E-state index is 11.0. The molecule has 18 heavy (non-hydrogen) atoms. The van der Waals surface area contributed by atoms with Crippen LogP contribution in [0.15, 0.2) is 30.1 Å². The summed E-state index contributed by atoms with van der Waals surface area (Å²) in [6.07, 6.45) is 4.12. The number of hydrogen-bond donors (Lipinski definition) is 2. The number of sulfonamides is 1. The van der Waals surface area contributed by atoms with Gasteiger partial charge >= 0.3 is 0 Å². The molecule has 92 valence electrons. The maximum absolute atomic E-state index is 11.0. The van der Waals surface area contributed by atoms with Crippen molar-refractivity contribution in [1.82, 2.24) is 14.9 Å². The number of aromatic nitrogens is 2. The van der Waals surface area contributed by atoms with Crippen molar-refractivity contribution in [2.45, 2.75) is 0 Å². The summed E-state index contributed by atoms with van der Waals surface area (Å²) < 4.78 is 24.2. The van der Waals surface area contributed by atoms with Gasteiger partial charge in [0.15, 0.2) is 0 Å². The molecule has 0 aliphatic heterocycles. The van der Waals surface area contributed by atoms with Crippen molar-refractivity contribution in [2.75, 3.05) is 6.26 Å². The minimum Gasteiger partial charge on any atom is -0.278 e. The smallest absolute Gasteiger partial charge is 0.230 e. The van der Waals surface area contributed by atoms with Crippen LogP contribution >= 0.6 is 0 Å². The number of rotatable bonds is 3. The van der Waals surface area contributed by atoms with E-state index in [2.05, 4.69) is 14.9 Å². The van der Waals surface area contributed by atoms with E-state index in [0.717, 1.165) is 22.7 Å². The minimum absolute atomic E-state index is 0.0275. The van der Waals surface area contributed by atoms with Gasteiger partial charge in [-0.3, -0.25) is 9.82 Å². The number of fused-ring (bicyclic) bond motifs is 1. The van der Waals surface area contributed by atoms with E-state index in [1.807, 2.05) is 6.07 Å². The molecule has 0 spiro atoms. The molecule has 0 saturated heterocycles. The van der Waals surface area contributed by atoms with Crippen LogP contribution in [0.25, 0.3) is 17.0 Å². The molecule has 1 aromatic carbocycles. The summed E-state index contributed by atoms with van der Waals surface area (Å²) in [6.45, 7) is 0. The van der Waals surface area contributed by atoms with Gasteiger partial charge in [0.1, 0.15) is 11.8 Å². The zero-order valence-corrected chi connectivity index (χ0v) is 10.3. The van der Waals surface area contributed by atoms with E-state index < -0.39 is 10.0 Å². The van der Waals surface area contributed by atoms with E-state index in [4.69, 9.17) is 5.26 Å². The molecule has 0 aliphatic rings. The first-order valence-electron chi connectivity index (χ1n) is 5.01. The predicted octanol–water partition coefficient (Wildman–Crippen LogP) is 0.977. The fourth-order valence-electron chi connectivity index (χ4n) is 1.50. The standard InChI is InChI=1S/C11H10N4O2S/c1-18(16,17)15-10(6-12)5-8-2-3-11-9(4-8)7-13-14-11/h2-5,7,15H,1H3,(H,13,14). The normalized spacial score (nSPS) is 12.3. The molecule has 1 heterocycles. The van der Waals surface area contributed by atoms with Crippen molar-refractivity contribution < 1.29 is 8.42 Å². The third-order valence-electron chi connectivity index (χ3n) is 2.19. The highest BCUT2D eigenvalue weighted by molar-refractivity contribution is 7.88. The van der Waals surface area contributed by atoms with Crippen molar-refractivity contribution in [1.29, 1.82) is 5.26 Å². The van der Waals surface area contributed by atoms with Crippen LogP contribution in [0.4, 0.5) is 0 Å². The highest BCUT2D eigenvalue weighted by atomic mass is 32.2. The summed E-state index contributed by atoms with van der Waals surface area (Å²) in [5.74, 6) is 0. The number of H-pyrrole nitrogens is 1. The van der Waals surface area contributed by atoms with Gasteiger partial charge in [0.2, 0.25) is 10.0 Å². The molecule has 0 saturated carbocycles. The lowest BCUT2D eigenvalue weighted by Gasteiger charge is -2.01. The van der Waals surface area contributed by atoms with Crippen molar-refractivity contribution >= 4 is 27.0 Å². The molecule has 0 atom stereocenters. The van der Waals surface area contributed by atoms with Crippen LogP contribution < -0.4 is 4.72 Å². The highest BCUT2D eigenvalue weighted by Gasteiger charge is 2.04. The summed E-state index contributed by atoms with van der Waals surface area (Å²) in [5.41, 5.74) is 1.57. The van der Waals surface area contributed by atoms with Crippen LogP contribution in [-0.2, 0) is 10.0 Å². The first kappa shape index (κ1) is 12.1. The molecule has 0 radical (unpaired) electrons. The summed E-state index contributed by atoms with van der Waals surface area (Å²) in [7, 11) is -3.45. The van der Waals surface area contributed by atoms with E-state index in [-0.39, 0.29) is 5.70 Å². The molecule has 6 nitrogen and oxygen atoms in total. The summed E-state index contributed by atoms with van der Waals surface area (Å²) in [6, 6.07) is 7.18. The molecule has 0 bridgehead atoms. The molecular weight excluding hydrogens is 252 g/mol. The molecule has 7 heteroatoms. The quantitative estimate of drug-likeness (QED) is 0.805. The van der Waals surface area contributed by atoms with E-state index >= 15 is 0 Å². The maximum Gasteiger partial charge on any atom is 0.230 e. The van der Waals surface area contributed by atoms with Crippen LogP contribution in [-0.4, -0.2) is 24.9 Å². The van der Waals surface area contributed by atoms with Crippen LogP contribution in [0.2, 0.25) is 0 Å². The van der Waals surface area contributed by atoms with Gasteiger partial charge in [0.05, 0.1) is 18.0 Å². The molecular formula is C11H10N4O2S. The monoisotopic (exact) mass is 262 g/mol. The third kappa shape index (κ3) is 2.87. The minimum atomic E-state index is -3.45. The number of benzene rings is 1. The van der Waals surface area contributed by atoms with Gasteiger partial charge in [-0.1, -0.05) is 6.07 Å². The van der Waals surface area contributed by atoms with Crippen molar-refractivity contribution in [3.8, 4) is 6.07 Å². The second kappa shape index (κ2) is 4.50. The fourth-order valence-corrected chi connectivity index (χ4v) is 2.01. The van der Waals surface area contributed by atoms with Gasteiger partial charge < -0.3 is 0 Å². The molecule has 0 unspecified atom stereocenters. The number of allylic oxidation sites excluding steroid dienone is 1. The predicted molar refractivity (Wildman–Crippen MR) is 67.7 cm³/mol. The summed E-state index contributed by atoms with van der Waals surface area (Å²) in [4.78, 5) is 0. The lowest BCUT2D eigenvalue weighted by atomic mass is 10.1. The Morgan fingerprint density at radius 2 is 2.33 bits per heavy atom. The number of nitrogens with zero attached hydrogens (tertiary/aromatic N) is 2. The molecule has 2 rings (SSSR count). The largest absolute Gasteiger partial charge is 0.278 e. The SMILES string of the molecule is CS(=O)(=O)NC(C#N)=Cc1ccc2[nH]ncc2c1.